The van der Waals surface area contributed by atoms with Crippen molar-refractivity contribution in [2.75, 3.05) is 63.6 Å². The van der Waals surface area contributed by atoms with Crippen molar-refractivity contribution in [3.05, 3.63) is 35.0 Å². The van der Waals surface area contributed by atoms with Crippen molar-refractivity contribution >= 4 is 29.4 Å². The van der Waals surface area contributed by atoms with Gasteiger partial charge in [0.05, 0.1) is 29.7 Å². The van der Waals surface area contributed by atoms with Crippen molar-refractivity contribution in [1.29, 1.82) is 0 Å². The third-order valence-electron chi connectivity index (χ3n) is 8.80. The van der Waals surface area contributed by atoms with Crippen molar-refractivity contribution in [1.82, 2.24) is 24.5 Å². The standard InChI is InChI=1S/C31H43F4N5O2S2/c1-43-21-29(42)39-14-9-27-25(20-39)30(36-40(27)19-24(41)18-38-10-3-2-4-11-38)22-5-6-26(31(33,34)35)28(17-22)44-16-15-37-12-7-23(32)8-13-37/h5-6,17,23-24,41H,2-4,7-16,18-21H2,1H3/t24-/m0/s1. The van der Waals surface area contributed by atoms with Gasteiger partial charge in [-0.15, -0.1) is 11.8 Å². The first kappa shape index (κ1) is 33.6. The van der Waals surface area contributed by atoms with Crippen molar-refractivity contribution in [2.45, 2.75) is 75.0 Å². The quantitative estimate of drug-likeness (QED) is 0.264. The maximum atomic E-state index is 14.1. The summed E-state index contributed by atoms with van der Waals surface area (Å²) in [6.07, 6.45) is 0.887. The van der Waals surface area contributed by atoms with Crippen molar-refractivity contribution in [3.8, 4) is 11.3 Å². The molecule has 3 aliphatic heterocycles. The number of hydrogen-bond donors (Lipinski definition) is 1. The number of hydrogen-bond acceptors (Lipinski definition) is 7. The van der Waals surface area contributed by atoms with Crippen LogP contribution in [0.2, 0.25) is 0 Å². The van der Waals surface area contributed by atoms with Crippen LogP contribution in [-0.4, -0.2) is 111 Å². The van der Waals surface area contributed by atoms with Crippen LogP contribution in [0.3, 0.4) is 0 Å². The number of aliphatic hydroxyl groups excluding tert-OH is 1. The van der Waals surface area contributed by atoms with Crippen LogP contribution >= 0.6 is 23.5 Å². The van der Waals surface area contributed by atoms with Crippen LogP contribution in [0.1, 0.15) is 48.9 Å². The van der Waals surface area contributed by atoms with E-state index in [2.05, 4.69) is 9.80 Å². The fraction of sp³-hybridized carbons (Fsp3) is 0.677. The van der Waals surface area contributed by atoms with E-state index in [0.29, 0.717) is 81.3 Å². The number of benzene rings is 1. The minimum atomic E-state index is -4.51. The highest BCUT2D eigenvalue weighted by Gasteiger charge is 2.35. The summed E-state index contributed by atoms with van der Waals surface area (Å²) in [5, 5.41) is 15.9. The largest absolute Gasteiger partial charge is 0.417 e. The first-order chi connectivity index (χ1) is 21.1. The molecular formula is C31H43F4N5O2S2. The number of carbonyl (C=O) groups is 1. The van der Waals surface area contributed by atoms with Gasteiger partial charge in [0.25, 0.3) is 0 Å². The summed E-state index contributed by atoms with van der Waals surface area (Å²) >= 11 is 2.62. The molecule has 0 saturated carbocycles. The fourth-order valence-electron chi connectivity index (χ4n) is 6.43. The minimum Gasteiger partial charge on any atom is -0.390 e. The van der Waals surface area contributed by atoms with Crippen molar-refractivity contribution in [2.24, 2.45) is 0 Å². The molecule has 0 spiro atoms. The summed E-state index contributed by atoms with van der Waals surface area (Å²) in [4.78, 5) is 19.1. The summed E-state index contributed by atoms with van der Waals surface area (Å²) in [7, 11) is 0. The van der Waals surface area contributed by atoms with Gasteiger partial charge in [-0.3, -0.25) is 9.48 Å². The third-order valence-corrected chi connectivity index (χ3v) is 10.4. The number of fused-ring (bicyclic) bond motifs is 1. The van der Waals surface area contributed by atoms with Gasteiger partial charge < -0.3 is 19.8 Å². The van der Waals surface area contributed by atoms with Gasteiger partial charge in [0, 0.05) is 73.2 Å². The number of carbonyl (C=O) groups excluding carboxylic acids is 1. The number of aliphatic hydroxyl groups is 1. The zero-order valence-electron chi connectivity index (χ0n) is 25.3. The van der Waals surface area contributed by atoms with Gasteiger partial charge in [-0.2, -0.15) is 30.0 Å². The number of piperidine rings is 2. The molecule has 4 heterocycles. The molecule has 1 atom stereocenters. The summed E-state index contributed by atoms with van der Waals surface area (Å²) in [5.74, 6) is 0.833. The van der Waals surface area contributed by atoms with Crippen molar-refractivity contribution in [3.63, 3.8) is 0 Å². The smallest absolute Gasteiger partial charge is 0.390 e. The molecule has 5 rings (SSSR count). The Hall–Kier alpha value is -1.80. The van der Waals surface area contributed by atoms with E-state index in [9.17, 15) is 27.5 Å². The number of nitrogens with zero attached hydrogens (tertiary/aromatic N) is 5. The van der Waals surface area contributed by atoms with Crippen LogP contribution in [0.4, 0.5) is 17.6 Å². The van der Waals surface area contributed by atoms with Crippen molar-refractivity contribution < 1.29 is 27.5 Å². The second kappa shape index (κ2) is 15.2. The molecule has 1 aromatic heterocycles. The number of rotatable bonds is 11. The van der Waals surface area contributed by atoms with E-state index >= 15 is 0 Å². The van der Waals surface area contributed by atoms with Crippen LogP contribution in [0.25, 0.3) is 11.3 Å². The molecule has 1 N–H and O–H groups in total. The average molecular weight is 658 g/mol. The van der Waals surface area contributed by atoms with E-state index in [1.807, 2.05) is 10.9 Å². The van der Waals surface area contributed by atoms with E-state index in [0.717, 1.165) is 55.0 Å². The SMILES string of the molecule is CSCC(=O)N1CCc2c(c(-c3ccc(C(F)(F)F)c(SCCN4CCC(F)CC4)c3)nn2C[C@@H](O)CN2CCCCC2)C1. The summed E-state index contributed by atoms with van der Waals surface area (Å²) in [5.41, 5.74) is 2.21. The summed E-state index contributed by atoms with van der Waals surface area (Å²) < 4.78 is 57.6. The zero-order valence-corrected chi connectivity index (χ0v) is 27.0. The Morgan fingerprint density at radius 3 is 2.52 bits per heavy atom. The van der Waals surface area contributed by atoms with E-state index in [1.165, 1.54) is 24.2 Å². The van der Waals surface area contributed by atoms with Crippen LogP contribution in [0.5, 0.6) is 0 Å². The Bertz CT molecular complexity index is 1260. The molecular weight excluding hydrogens is 614 g/mol. The minimum absolute atomic E-state index is 0.0208. The van der Waals surface area contributed by atoms with E-state index in [1.54, 1.807) is 11.0 Å². The summed E-state index contributed by atoms with van der Waals surface area (Å²) in [6, 6.07) is 4.17. The molecule has 2 fully saturated rings. The van der Waals surface area contributed by atoms with Crippen LogP contribution in [0, 0.1) is 0 Å². The zero-order chi connectivity index (χ0) is 31.3. The number of alkyl halides is 4. The topological polar surface area (TPSA) is 64.8 Å². The van der Waals surface area contributed by atoms with Gasteiger partial charge in [0.1, 0.15) is 6.17 Å². The van der Waals surface area contributed by atoms with Crippen LogP contribution in [-0.2, 0) is 30.5 Å². The molecule has 0 unspecified atom stereocenters. The first-order valence-corrected chi connectivity index (χ1v) is 18.0. The van der Waals surface area contributed by atoms with Gasteiger partial charge in [-0.25, -0.2) is 4.39 Å². The average Bonchev–Trinajstić information content (AvgIpc) is 3.35. The molecule has 0 radical (unpaired) electrons. The molecule has 244 valence electrons. The lowest BCUT2D eigenvalue weighted by atomic mass is 9.99. The number of aromatic nitrogens is 2. The monoisotopic (exact) mass is 657 g/mol. The maximum absolute atomic E-state index is 14.1. The second-order valence-corrected chi connectivity index (χ2v) is 14.0. The molecule has 0 aliphatic carbocycles. The molecule has 1 aromatic carbocycles. The molecule has 3 aliphatic rings. The van der Waals surface area contributed by atoms with Gasteiger partial charge in [-0.1, -0.05) is 12.5 Å². The molecule has 2 aromatic rings. The molecule has 44 heavy (non-hydrogen) atoms. The number of likely N-dealkylation sites (tertiary alicyclic amines) is 2. The highest BCUT2D eigenvalue weighted by molar-refractivity contribution is 7.99. The number of amides is 1. The van der Waals surface area contributed by atoms with Gasteiger partial charge in [0.15, 0.2) is 0 Å². The van der Waals surface area contributed by atoms with E-state index < -0.39 is 24.0 Å². The number of thioether (sulfide) groups is 2. The second-order valence-electron chi connectivity index (χ2n) is 12.0. The highest BCUT2D eigenvalue weighted by Crippen LogP contribution is 2.40. The lowest BCUT2D eigenvalue weighted by Gasteiger charge is -2.30. The molecule has 1 amide bonds. The lowest BCUT2D eigenvalue weighted by Crippen LogP contribution is -2.39. The molecule has 7 nitrogen and oxygen atoms in total. The lowest BCUT2D eigenvalue weighted by molar-refractivity contribution is -0.139. The highest BCUT2D eigenvalue weighted by atomic mass is 32.2. The number of β-amino-alcohol motifs (C(OH)–C–C–N with tert-alkyl or cyclic N) is 1. The Morgan fingerprint density at radius 1 is 1.07 bits per heavy atom. The van der Waals surface area contributed by atoms with Gasteiger partial charge in [0.2, 0.25) is 5.91 Å². The molecule has 0 bridgehead atoms. The Morgan fingerprint density at radius 2 is 1.82 bits per heavy atom. The van der Waals surface area contributed by atoms with Gasteiger partial charge in [-0.05, 0) is 57.2 Å². The molecule has 13 heteroatoms. The summed E-state index contributed by atoms with van der Waals surface area (Å²) in [6.45, 7) is 5.46. The predicted octanol–water partition coefficient (Wildman–Crippen LogP) is 5.19. The Balaban J connectivity index is 1.41. The predicted molar refractivity (Wildman–Crippen MR) is 168 cm³/mol. The normalized spacial score (nSPS) is 19.7. The van der Waals surface area contributed by atoms with E-state index in [-0.39, 0.29) is 17.3 Å². The Labute approximate surface area is 265 Å². The van der Waals surface area contributed by atoms with Crippen LogP contribution < -0.4 is 0 Å². The van der Waals surface area contributed by atoms with Gasteiger partial charge >= 0.3 is 6.18 Å². The fourth-order valence-corrected chi connectivity index (χ4v) is 7.98. The van der Waals surface area contributed by atoms with Crippen LogP contribution in [0.15, 0.2) is 23.1 Å². The Kier molecular flexibility index (Phi) is 11.6. The number of halogens is 4. The molecule has 2 saturated heterocycles. The first-order valence-electron chi connectivity index (χ1n) is 15.6. The third kappa shape index (κ3) is 8.51. The van der Waals surface area contributed by atoms with E-state index in [4.69, 9.17) is 5.10 Å². The maximum Gasteiger partial charge on any atom is 0.417 e.